The number of nitrogens with zero attached hydrogens (tertiary/aromatic N) is 3. The molecule has 2 aromatic heterocycles. The molecule has 1 aliphatic heterocycles. The summed E-state index contributed by atoms with van der Waals surface area (Å²) in [5.74, 6) is 0.165. The van der Waals surface area contributed by atoms with Gasteiger partial charge in [-0.1, -0.05) is 23.5 Å². The number of esters is 1. The summed E-state index contributed by atoms with van der Waals surface area (Å²) in [5.41, 5.74) is 4.64. The minimum Gasteiger partial charge on any atom is -0.497 e. The number of rotatable bonds is 5. The van der Waals surface area contributed by atoms with Crippen LogP contribution < -0.4 is 19.6 Å². The fraction of sp³-hybridized carbons (Fsp3) is 0.320. The van der Waals surface area contributed by atoms with Crippen LogP contribution in [0.2, 0.25) is 0 Å². The summed E-state index contributed by atoms with van der Waals surface area (Å²) in [7, 11) is 3.59. The molecule has 1 atom stereocenters. The third-order valence-corrected chi connectivity index (χ3v) is 7.01. The lowest BCUT2D eigenvalue weighted by atomic mass is 9.95. The maximum Gasteiger partial charge on any atom is 0.338 e. The molecule has 0 aliphatic carbocycles. The monoisotopic (exact) mass is 465 g/mol. The third-order valence-electron chi connectivity index (χ3n) is 6.03. The van der Waals surface area contributed by atoms with Gasteiger partial charge >= 0.3 is 5.97 Å². The van der Waals surface area contributed by atoms with Crippen molar-refractivity contribution in [3.63, 3.8) is 0 Å². The van der Waals surface area contributed by atoms with Crippen molar-refractivity contribution in [2.45, 2.75) is 33.7 Å². The average molecular weight is 466 g/mol. The summed E-state index contributed by atoms with van der Waals surface area (Å²) in [5, 5.41) is 0. The Morgan fingerprint density at radius 2 is 2.00 bits per heavy atom. The predicted octanol–water partition coefficient (Wildman–Crippen LogP) is 2.76. The van der Waals surface area contributed by atoms with Gasteiger partial charge in [0.1, 0.15) is 5.75 Å². The lowest BCUT2D eigenvalue weighted by Gasteiger charge is -2.25. The molecule has 4 rings (SSSR count). The molecule has 0 saturated carbocycles. The number of thiazole rings is 1. The number of carbonyl (C=O) groups is 1. The van der Waals surface area contributed by atoms with Crippen LogP contribution in [-0.2, 0) is 16.6 Å². The number of ether oxygens (including phenoxy) is 2. The van der Waals surface area contributed by atoms with Crippen LogP contribution in [0.1, 0.15) is 42.4 Å². The Labute approximate surface area is 195 Å². The Morgan fingerprint density at radius 3 is 2.64 bits per heavy atom. The van der Waals surface area contributed by atoms with Gasteiger partial charge in [-0.25, -0.2) is 9.79 Å². The zero-order valence-electron chi connectivity index (χ0n) is 19.6. The predicted molar refractivity (Wildman–Crippen MR) is 128 cm³/mol. The number of hydrogen-bond acceptors (Lipinski definition) is 6. The molecule has 0 N–H and O–H groups in total. The van der Waals surface area contributed by atoms with Crippen LogP contribution in [0.4, 0.5) is 0 Å². The summed E-state index contributed by atoms with van der Waals surface area (Å²) in [6, 6.07) is 8.79. The number of carbonyl (C=O) groups excluding carboxylic acids is 1. The fourth-order valence-corrected chi connectivity index (χ4v) is 5.13. The lowest BCUT2D eigenvalue weighted by Crippen LogP contribution is -2.39. The molecule has 7 nitrogen and oxygen atoms in total. The Bertz CT molecular complexity index is 1460. The van der Waals surface area contributed by atoms with Gasteiger partial charge in [0.25, 0.3) is 5.56 Å². The first-order chi connectivity index (χ1) is 15.8. The number of aromatic nitrogens is 2. The summed E-state index contributed by atoms with van der Waals surface area (Å²) >= 11 is 1.32. The normalized spacial score (nSPS) is 15.9. The van der Waals surface area contributed by atoms with Crippen LogP contribution in [0.25, 0.3) is 6.08 Å². The summed E-state index contributed by atoms with van der Waals surface area (Å²) in [6.07, 6.45) is 1.90. The molecule has 33 heavy (non-hydrogen) atoms. The highest BCUT2D eigenvalue weighted by Gasteiger charge is 2.33. The second-order valence-electron chi connectivity index (χ2n) is 7.96. The quantitative estimate of drug-likeness (QED) is 0.543. The largest absolute Gasteiger partial charge is 0.497 e. The van der Waals surface area contributed by atoms with Crippen molar-refractivity contribution in [2.75, 3.05) is 13.7 Å². The first-order valence-electron chi connectivity index (χ1n) is 10.7. The Morgan fingerprint density at radius 1 is 1.24 bits per heavy atom. The van der Waals surface area contributed by atoms with E-state index in [1.54, 1.807) is 25.5 Å². The number of allylic oxidation sites excluding steroid dienone is 1. The topological polar surface area (TPSA) is 74.8 Å². The van der Waals surface area contributed by atoms with E-state index in [1.165, 1.54) is 11.3 Å². The maximum absolute atomic E-state index is 13.7. The number of aryl methyl sites for hydroxylation is 1. The van der Waals surface area contributed by atoms with E-state index in [0.717, 1.165) is 22.5 Å². The van der Waals surface area contributed by atoms with Gasteiger partial charge in [0, 0.05) is 18.4 Å². The molecule has 0 saturated heterocycles. The SMILES string of the molecule is CCOC(=O)C1=C(C)N=c2sc(=Cc3cc(C)n(C)c3C)c(=O)n2[C@@H]1c1cccc(OC)c1. The molecule has 3 aromatic rings. The average Bonchev–Trinajstić information content (AvgIpc) is 3.23. The number of benzene rings is 1. The first-order valence-corrected chi connectivity index (χ1v) is 11.5. The van der Waals surface area contributed by atoms with E-state index < -0.39 is 12.0 Å². The molecule has 0 unspecified atom stereocenters. The molecule has 1 aromatic carbocycles. The van der Waals surface area contributed by atoms with E-state index in [0.29, 0.717) is 26.4 Å². The molecule has 0 radical (unpaired) electrons. The molecule has 1 aliphatic rings. The molecule has 0 bridgehead atoms. The molecule has 172 valence electrons. The van der Waals surface area contributed by atoms with Crippen molar-refractivity contribution in [3.8, 4) is 5.75 Å². The molecule has 0 fully saturated rings. The van der Waals surface area contributed by atoms with Crippen molar-refractivity contribution < 1.29 is 14.3 Å². The van der Waals surface area contributed by atoms with Crippen molar-refractivity contribution in [1.29, 1.82) is 0 Å². The first kappa shape index (κ1) is 22.8. The summed E-state index contributed by atoms with van der Waals surface area (Å²) in [4.78, 5) is 31.8. The van der Waals surface area contributed by atoms with Gasteiger partial charge in [-0.05, 0) is 63.1 Å². The van der Waals surface area contributed by atoms with E-state index in [2.05, 4.69) is 15.6 Å². The van der Waals surface area contributed by atoms with E-state index in [-0.39, 0.29) is 12.2 Å². The summed E-state index contributed by atoms with van der Waals surface area (Å²) in [6.45, 7) is 7.83. The molecule has 3 heterocycles. The van der Waals surface area contributed by atoms with Crippen LogP contribution >= 0.6 is 11.3 Å². The van der Waals surface area contributed by atoms with E-state index in [9.17, 15) is 9.59 Å². The van der Waals surface area contributed by atoms with Crippen molar-refractivity contribution in [3.05, 3.63) is 83.8 Å². The zero-order chi connectivity index (χ0) is 23.9. The van der Waals surface area contributed by atoms with Gasteiger partial charge in [0.15, 0.2) is 4.80 Å². The Hall–Kier alpha value is -3.39. The van der Waals surface area contributed by atoms with Gasteiger partial charge in [-0.2, -0.15) is 0 Å². The van der Waals surface area contributed by atoms with Gasteiger partial charge in [-0.3, -0.25) is 9.36 Å². The van der Waals surface area contributed by atoms with Crippen LogP contribution in [0, 0.1) is 13.8 Å². The lowest BCUT2D eigenvalue weighted by molar-refractivity contribution is -0.139. The molecular formula is C25H27N3O4S. The highest BCUT2D eigenvalue weighted by molar-refractivity contribution is 7.07. The second kappa shape index (κ2) is 8.86. The molecule has 8 heteroatoms. The van der Waals surface area contributed by atoms with Crippen molar-refractivity contribution >= 4 is 23.4 Å². The van der Waals surface area contributed by atoms with E-state index >= 15 is 0 Å². The smallest absolute Gasteiger partial charge is 0.338 e. The van der Waals surface area contributed by atoms with E-state index in [1.807, 2.05) is 51.2 Å². The zero-order valence-corrected chi connectivity index (χ0v) is 20.4. The minimum atomic E-state index is -0.656. The fourth-order valence-electron chi connectivity index (χ4n) is 4.09. The standard InChI is InChI=1S/C25H27N3O4S/c1-7-32-24(30)21-15(3)26-25-28(22(21)17-9-8-10-19(12-17)31-6)23(29)20(33-25)13-18-11-14(2)27(5)16(18)4/h8-13,22H,7H2,1-6H3/t22-/m1/s1. The highest BCUT2D eigenvalue weighted by atomic mass is 32.1. The number of hydrogen-bond donors (Lipinski definition) is 0. The molecular weight excluding hydrogens is 438 g/mol. The van der Waals surface area contributed by atoms with E-state index in [4.69, 9.17) is 9.47 Å². The second-order valence-corrected chi connectivity index (χ2v) is 8.97. The van der Waals surface area contributed by atoms with Gasteiger partial charge in [0.05, 0.1) is 35.6 Å². The minimum absolute atomic E-state index is 0.193. The maximum atomic E-state index is 13.7. The number of fused-ring (bicyclic) bond motifs is 1. The Kier molecular flexibility index (Phi) is 6.12. The summed E-state index contributed by atoms with van der Waals surface area (Å²) < 4.78 is 15.0. The van der Waals surface area contributed by atoms with Crippen LogP contribution in [0.3, 0.4) is 0 Å². The number of methoxy groups -OCH3 is 1. The van der Waals surface area contributed by atoms with Crippen LogP contribution in [0.5, 0.6) is 5.75 Å². The van der Waals surface area contributed by atoms with Crippen molar-refractivity contribution in [1.82, 2.24) is 9.13 Å². The van der Waals surface area contributed by atoms with Crippen LogP contribution in [-0.4, -0.2) is 28.8 Å². The highest BCUT2D eigenvalue weighted by Crippen LogP contribution is 2.32. The van der Waals surface area contributed by atoms with Gasteiger partial charge in [-0.15, -0.1) is 0 Å². The Balaban J connectivity index is 1.98. The van der Waals surface area contributed by atoms with Gasteiger partial charge < -0.3 is 14.0 Å². The molecule has 0 amide bonds. The van der Waals surface area contributed by atoms with Gasteiger partial charge in [0.2, 0.25) is 0 Å². The third kappa shape index (κ3) is 3.95. The van der Waals surface area contributed by atoms with Crippen molar-refractivity contribution in [2.24, 2.45) is 12.0 Å². The molecule has 0 spiro atoms. The van der Waals surface area contributed by atoms with Crippen LogP contribution in [0.15, 0.2) is 51.4 Å².